The SMILES string of the molecule is CN1C(=O)COc2ccc(C(=O)CS(=O)(=O)CC(=O)Nc3ccc(F)cc3)cc21. The molecule has 0 saturated heterocycles. The maximum Gasteiger partial charge on any atom is 0.264 e. The van der Waals surface area contributed by atoms with E-state index in [2.05, 4.69) is 5.32 Å². The third-order valence-corrected chi connectivity index (χ3v) is 5.60. The molecule has 1 aliphatic heterocycles. The molecule has 8 nitrogen and oxygen atoms in total. The first kappa shape index (κ1) is 20.5. The number of halogens is 1. The Hall–Kier alpha value is -3.27. The third-order valence-electron chi connectivity index (χ3n) is 4.20. The van der Waals surface area contributed by atoms with E-state index >= 15 is 0 Å². The first-order chi connectivity index (χ1) is 13.6. The molecular formula is C19H17FN2O6S. The summed E-state index contributed by atoms with van der Waals surface area (Å²) in [6.45, 7) is -0.117. The lowest BCUT2D eigenvalue weighted by atomic mass is 10.1. The molecule has 0 unspecified atom stereocenters. The summed E-state index contributed by atoms with van der Waals surface area (Å²) in [5.74, 6) is -3.72. The monoisotopic (exact) mass is 420 g/mol. The fraction of sp³-hybridized carbons (Fsp3) is 0.211. The molecule has 0 saturated carbocycles. The number of Topliss-reactive ketones (excluding diaryl/α,β-unsaturated/α-hetero) is 1. The van der Waals surface area contributed by atoms with Gasteiger partial charge in [0, 0.05) is 18.3 Å². The highest BCUT2D eigenvalue weighted by atomic mass is 32.2. The van der Waals surface area contributed by atoms with E-state index in [1.807, 2.05) is 0 Å². The smallest absolute Gasteiger partial charge is 0.264 e. The number of nitrogens with zero attached hydrogens (tertiary/aromatic N) is 1. The fourth-order valence-electron chi connectivity index (χ4n) is 2.71. The van der Waals surface area contributed by atoms with Gasteiger partial charge in [-0.1, -0.05) is 0 Å². The van der Waals surface area contributed by atoms with Crippen LogP contribution < -0.4 is 15.0 Å². The van der Waals surface area contributed by atoms with Gasteiger partial charge in [0.05, 0.1) is 5.69 Å². The summed E-state index contributed by atoms with van der Waals surface area (Å²) in [4.78, 5) is 37.4. The van der Waals surface area contributed by atoms with Crippen molar-refractivity contribution in [1.82, 2.24) is 0 Å². The Morgan fingerprint density at radius 2 is 1.83 bits per heavy atom. The van der Waals surface area contributed by atoms with Crippen molar-refractivity contribution < 1.29 is 31.9 Å². The second-order valence-corrected chi connectivity index (χ2v) is 8.50. The molecule has 29 heavy (non-hydrogen) atoms. The predicted octanol–water partition coefficient (Wildman–Crippen LogP) is 1.42. The number of benzene rings is 2. The van der Waals surface area contributed by atoms with E-state index in [0.29, 0.717) is 11.4 Å². The van der Waals surface area contributed by atoms with Crippen LogP contribution in [0.2, 0.25) is 0 Å². The maximum absolute atomic E-state index is 12.9. The van der Waals surface area contributed by atoms with Crippen molar-refractivity contribution in [2.75, 3.05) is 35.4 Å². The molecule has 2 amide bonds. The zero-order valence-electron chi connectivity index (χ0n) is 15.3. The first-order valence-electron chi connectivity index (χ1n) is 8.47. The maximum atomic E-state index is 12.9. The summed E-state index contributed by atoms with van der Waals surface area (Å²) in [5.41, 5.74) is 0.676. The molecule has 1 N–H and O–H groups in total. The Morgan fingerprint density at radius 1 is 1.14 bits per heavy atom. The number of carbonyl (C=O) groups is 3. The number of ketones is 1. The van der Waals surface area contributed by atoms with E-state index in [1.54, 1.807) is 0 Å². The van der Waals surface area contributed by atoms with E-state index in [1.165, 1.54) is 42.3 Å². The Morgan fingerprint density at radius 3 is 2.52 bits per heavy atom. The van der Waals surface area contributed by atoms with Crippen molar-refractivity contribution in [2.24, 2.45) is 0 Å². The van der Waals surface area contributed by atoms with Gasteiger partial charge in [-0.15, -0.1) is 0 Å². The van der Waals surface area contributed by atoms with Gasteiger partial charge < -0.3 is 15.0 Å². The Kier molecular flexibility index (Phi) is 5.64. The number of nitrogens with one attached hydrogen (secondary N) is 1. The lowest BCUT2D eigenvalue weighted by molar-refractivity contribution is -0.121. The van der Waals surface area contributed by atoms with Crippen LogP contribution >= 0.6 is 0 Å². The summed E-state index contributed by atoms with van der Waals surface area (Å²) >= 11 is 0. The topological polar surface area (TPSA) is 110 Å². The average molecular weight is 420 g/mol. The minimum Gasteiger partial charge on any atom is -0.482 e. The van der Waals surface area contributed by atoms with E-state index in [4.69, 9.17) is 4.74 Å². The molecule has 3 rings (SSSR count). The molecule has 0 spiro atoms. The van der Waals surface area contributed by atoms with Crippen LogP contribution in [0.5, 0.6) is 5.75 Å². The summed E-state index contributed by atoms with van der Waals surface area (Å²) in [6.07, 6.45) is 0. The summed E-state index contributed by atoms with van der Waals surface area (Å²) in [5, 5.41) is 2.33. The highest BCUT2D eigenvalue weighted by molar-refractivity contribution is 7.92. The number of likely N-dealkylation sites (N-methyl/N-ethyl adjacent to an activating group) is 1. The van der Waals surface area contributed by atoms with E-state index in [0.717, 1.165) is 12.1 Å². The van der Waals surface area contributed by atoms with Gasteiger partial charge in [-0.3, -0.25) is 14.4 Å². The highest BCUT2D eigenvalue weighted by Gasteiger charge is 2.26. The Bertz CT molecular complexity index is 1080. The van der Waals surface area contributed by atoms with Crippen molar-refractivity contribution in [3.8, 4) is 5.75 Å². The number of amides is 2. The van der Waals surface area contributed by atoms with Crippen LogP contribution in [0.4, 0.5) is 15.8 Å². The fourth-order valence-corrected chi connectivity index (χ4v) is 3.85. The second kappa shape index (κ2) is 8.00. The van der Waals surface area contributed by atoms with Crippen LogP contribution in [0, 0.1) is 5.82 Å². The lowest BCUT2D eigenvalue weighted by Crippen LogP contribution is -2.35. The second-order valence-electron chi connectivity index (χ2n) is 6.43. The summed E-state index contributed by atoms with van der Waals surface area (Å²) < 4.78 is 42.6. The number of sulfone groups is 1. The van der Waals surface area contributed by atoms with Gasteiger partial charge in [0.2, 0.25) is 5.91 Å². The van der Waals surface area contributed by atoms with Crippen LogP contribution in [0.3, 0.4) is 0 Å². The standard InChI is InChI=1S/C19H17FN2O6S/c1-22-15-8-12(2-7-17(15)28-9-19(22)25)16(23)10-29(26,27)11-18(24)21-14-5-3-13(20)4-6-14/h2-8H,9-11H2,1H3,(H,21,24). The molecule has 2 aromatic rings. The van der Waals surface area contributed by atoms with E-state index in [-0.39, 0.29) is 23.8 Å². The van der Waals surface area contributed by atoms with Crippen molar-refractivity contribution >= 4 is 38.8 Å². The van der Waals surface area contributed by atoms with Crippen molar-refractivity contribution in [3.63, 3.8) is 0 Å². The minimum atomic E-state index is -4.05. The Labute approximate surface area is 166 Å². The summed E-state index contributed by atoms with van der Waals surface area (Å²) in [6, 6.07) is 9.08. The molecule has 152 valence electrons. The predicted molar refractivity (Wildman–Crippen MR) is 103 cm³/mol. The average Bonchev–Trinajstić information content (AvgIpc) is 2.65. The van der Waals surface area contributed by atoms with Gasteiger partial charge >= 0.3 is 0 Å². The Balaban J connectivity index is 1.67. The van der Waals surface area contributed by atoms with Gasteiger partial charge in [-0.2, -0.15) is 0 Å². The minimum absolute atomic E-state index is 0.0800. The van der Waals surface area contributed by atoms with Gasteiger partial charge in [0.1, 0.15) is 23.1 Å². The van der Waals surface area contributed by atoms with Gasteiger partial charge in [-0.25, -0.2) is 12.8 Å². The van der Waals surface area contributed by atoms with E-state index in [9.17, 15) is 27.2 Å². The largest absolute Gasteiger partial charge is 0.482 e. The van der Waals surface area contributed by atoms with Crippen LogP contribution in [0.1, 0.15) is 10.4 Å². The number of ether oxygens (including phenoxy) is 1. The number of anilines is 2. The zero-order chi connectivity index (χ0) is 21.2. The van der Waals surface area contributed by atoms with Gasteiger partial charge in [0.25, 0.3) is 5.91 Å². The van der Waals surface area contributed by atoms with Crippen LogP contribution in [-0.4, -0.2) is 51.2 Å². The zero-order valence-corrected chi connectivity index (χ0v) is 16.2. The van der Waals surface area contributed by atoms with Crippen LogP contribution in [0.25, 0.3) is 0 Å². The molecule has 0 bridgehead atoms. The van der Waals surface area contributed by atoms with Gasteiger partial charge in [-0.05, 0) is 42.5 Å². The number of fused-ring (bicyclic) bond motifs is 1. The van der Waals surface area contributed by atoms with Crippen molar-refractivity contribution in [2.45, 2.75) is 0 Å². The van der Waals surface area contributed by atoms with Crippen molar-refractivity contribution in [3.05, 3.63) is 53.8 Å². The molecule has 0 aromatic heterocycles. The normalized spacial score (nSPS) is 13.4. The molecule has 1 heterocycles. The van der Waals surface area contributed by atoms with Gasteiger partial charge in [0.15, 0.2) is 22.2 Å². The highest BCUT2D eigenvalue weighted by Crippen LogP contribution is 2.32. The number of rotatable bonds is 6. The molecule has 10 heteroatoms. The number of hydrogen-bond donors (Lipinski definition) is 1. The lowest BCUT2D eigenvalue weighted by Gasteiger charge is -2.26. The number of carbonyl (C=O) groups excluding carboxylic acids is 3. The van der Waals surface area contributed by atoms with Crippen LogP contribution in [-0.2, 0) is 19.4 Å². The number of hydrogen-bond acceptors (Lipinski definition) is 6. The van der Waals surface area contributed by atoms with Crippen LogP contribution in [0.15, 0.2) is 42.5 Å². The molecule has 0 aliphatic carbocycles. The molecule has 1 aliphatic rings. The van der Waals surface area contributed by atoms with E-state index < -0.39 is 38.9 Å². The molecule has 0 radical (unpaired) electrons. The van der Waals surface area contributed by atoms with Crippen molar-refractivity contribution in [1.29, 1.82) is 0 Å². The molecule has 2 aromatic carbocycles. The molecular weight excluding hydrogens is 403 g/mol. The third kappa shape index (κ3) is 4.96. The first-order valence-corrected chi connectivity index (χ1v) is 10.3. The molecule has 0 atom stereocenters. The summed E-state index contributed by atoms with van der Waals surface area (Å²) in [7, 11) is -2.53. The quantitative estimate of drug-likeness (QED) is 0.708. The molecule has 0 fully saturated rings.